The van der Waals surface area contributed by atoms with Crippen LogP contribution in [0.1, 0.15) is 19.3 Å². The van der Waals surface area contributed by atoms with Crippen molar-refractivity contribution in [3.8, 4) is 0 Å². The SMILES string of the molecule is O=C(Nc1ccc(N2CCN(c3ccccc3)CC2)nc1)C1CCC1. The zero-order valence-electron chi connectivity index (χ0n) is 14.4. The molecule has 5 heteroatoms. The van der Waals surface area contributed by atoms with E-state index in [9.17, 15) is 4.79 Å². The van der Waals surface area contributed by atoms with Gasteiger partial charge in [0.15, 0.2) is 0 Å². The van der Waals surface area contributed by atoms with Crippen molar-refractivity contribution < 1.29 is 4.79 Å². The van der Waals surface area contributed by atoms with Crippen LogP contribution in [0.15, 0.2) is 48.7 Å². The molecule has 1 amide bonds. The van der Waals surface area contributed by atoms with Gasteiger partial charge < -0.3 is 15.1 Å². The molecule has 2 aromatic rings. The molecule has 2 fully saturated rings. The maximum absolute atomic E-state index is 12.0. The van der Waals surface area contributed by atoms with Crippen LogP contribution in [0.2, 0.25) is 0 Å². The van der Waals surface area contributed by atoms with E-state index < -0.39 is 0 Å². The summed E-state index contributed by atoms with van der Waals surface area (Å²) in [6.07, 6.45) is 4.98. The number of hydrogen-bond acceptors (Lipinski definition) is 4. The number of carbonyl (C=O) groups excluding carboxylic acids is 1. The highest BCUT2D eigenvalue weighted by Crippen LogP contribution is 2.27. The first-order valence-corrected chi connectivity index (χ1v) is 9.11. The zero-order chi connectivity index (χ0) is 17.1. The van der Waals surface area contributed by atoms with Crippen LogP contribution in [-0.2, 0) is 4.79 Å². The lowest BCUT2D eigenvalue weighted by Crippen LogP contribution is -2.46. The van der Waals surface area contributed by atoms with Crippen LogP contribution in [0.25, 0.3) is 0 Å². The maximum atomic E-state index is 12.0. The lowest BCUT2D eigenvalue weighted by atomic mass is 9.85. The number of para-hydroxylation sites is 1. The summed E-state index contributed by atoms with van der Waals surface area (Å²) in [6.45, 7) is 3.89. The molecule has 2 heterocycles. The van der Waals surface area contributed by atoms with E-state index in [0.29, 0.717) is 0 Å². The van der Waals surface area contributed by atoms with Crippen LogP contribution in [0.5, 0.6) is 0 Å². The quantitative estimate of drug-likeness (QED) is 0.932. The Morgan fingerprint density at radius 2 is 1.68 bits per heavy atom. The summed E-state index contributed by atoms with van der Waals surface area (Å²) < 4.78 is 0. The second kappa shape index (κ2) is 7.13. The van der Waals surface area contributed by atoms with Gasteiger partial charge in [0, 0.05) is 37.8 Å². The van der Waals surface area contributed by atoms with E-state index in [1.165, 1.54) is 12.1 Å². The van der Waals surface area contributed by atoms with E-state index in [4.69, 9.17) is 0 Å². The van der Waals surface area contributed by atoms with Gasteiger partial charge in [0.05, 0.1) is 11.9 Å². The number of rotatable bonds is 4. The van der Waals surface area contributed by atoms with Gasteiger partial charge in [-0.1, -0.05) is 24.6 Å². The monoisotopic (exact) mass is 336 g/mol. The molecular weight excluding hydrogens is 312 g/mol. The number of pyridine rings is 1. The van der Waals surface area contributed by atoms with Crippen molar-refractivity contribution in [1.29, 1.82) is 0 Å². The Kier molecular flexibility index (Phi) is 4.55. The smallest absolute Gasteiger partial charge is 0.227 e. The molecule has 5 nitrogen and oxygen atoms in total. The number of amides is 1. The highest BCUT2D eigenvalue weighted by atomic mass is 16.1. The summed E-state index contributed by atoms with van der Waals surface area (Å²) in [4.78, 5) is 21.3. The van der Waals surface area contributed by atoms with Gasteiger partial charge >= 0.3 is 0 Å². The summed E-state index contributed by atoms with van der Waals surface area (Å²) in [7, 11) is 0. The Morgan fingerprint density at radius 3 is 2.28 bits per heavy atom. The molecule has 0 atom stereocenters. The Hall–Kier alpha value is -2.56. The van der Waals surface area contributed by atoms with Crippen LogP contribution >= 0.6 is 0 Å². The lowest BCUT2D eigenvalue weighted by Gasteiger charge is -2.36. The third-order valence-corrected chi connectivity index (χ3v) is 5.22. The minimum atomic E-state index is 0.136. The molecule has 130 valence electrons. The number of aromatic nitrogens is 1. The minimum Gasteiger partial charge on any atom is -0.368 e. The van der Waals surface area contributed by atoms with Crippen molar-refractivity contribution in [2.45, 2.75) is 19.3 Å². The molecule has 4 rings (SSSR count). The molecule has 25 heavy (non-hydrogen) atoms. The fourth-order valence-electron chi connectivity index (χ4n) is 3.39. The number of hydrogen-bond donors (Lipinski definition) is 1. The Labute approximate surface area is 148 Å². The van der Waals surface area contributed by atoms with Gasteiger partial charge in [-0.15, -0.1) is 0 Å². The van der Waals surface area contributed by atoms with Crippen LogP contribution < -0.4 is 15.1 Å². The summed E-state index contributed by atoms with van der Waals surface area (Å²) >= 11 is 0. The number of piperazine rings is 1. The van der Waals surface area contributed by atoms with E-state index in [1.807, 2.05) is 12.1 Å². The molecule has 0 spiro atoms. The summed E-state index contributed by atoms with van der Waals surface area (Å²) in [5, 5.41) is 2.97. The summed E-state index contributed by atoms with van der Waals surface area (Å²) in [5.74, 6) is 1.32. The Morgan fingerprint density at radius 1 is 0.960 bits per heavy atom. The van der Waals surface area contributed by atoms with Crippen molar-refractivity contribution >= 4 is 23.1 Å². The zero-order valence-corrected chi connectivity index (χ0v) is 14.4. The second-order valence-electron chi connectivity index (χ2n) is 6.83. The summed E-state index contributed by atoms with van der Waals surface area (Å²) in [5.41, 5.74) is 2.08. The minimum absolute atomic E-state index is 0.136. The van der Waals surface area contributed by atoms with Crippen molar-refractivity contribution in [2.75, 3.05) is 41.3 Å². The number of carbonyl (C=O) groups is 1. The topological polar surface area (TPSA) is 48.5 Å². The van der Waals surface area contributed by atoms with Crippen molar-refractivity contribution in [3.05, 3.63) is 48.7 Å². The van der Waals surface area contributed by atoms with E-state index in [1.54, 1.807) is 6.20 Å². The number of nitrogens with one attached hydrogen (secondary N) is 1. The summed E-state index contributed by atoms with van der Waals surface area (Å²) in [6, 6.07) is 14.5. The van der Waals surface area contributed by atoms with Crippen LogP contribution in [0, 0.1) is 5.92 Å². The second-order valence-corrected chi connectivity index (χ2v) is 6.83. The van der Waals surface area contributed by atoms with E-state index in [2.05, 4.69) is 50.4 Å². The average molecular weight is 336 g/mol. The third-order valence-electron chi connectivity index (χ3n) is 5.22. The molecule has 1 aliphatic heterocycles. The molecule has 2 aliphatic rings. The molecule has 1 saturated carbocycles. The molecule has 1 N–H and O–H groups in total. The molecule has 0 unspecified atom stereocenters. The van der Waals surface area contributed by atoms with Gasteiger partial charge in [-0.05, 0) is 37.1 Å². The van der Waals surface area contributed by atoms with Crippen LogP contribution in [0.4, 0.5) is 17.2 Å². The molecule has 1 saturated heterocycles. The largest absolute Gasteiger partial charge is 0.368 e. The molecular formula is C20H24N4O. The Balaban J connectivity index is 1.33. The fourth-order valence-corrected chi connectivity index (χ4v) is 3.39. The first kappa shape index (κ1) is 15.9. The number of nitrogens with zero attached hydrogens (tertiary/aromatic N) is 3. The van der Waals surface area contributed by atoms with Gasteiger partial charge in [-0.25, -0.2) is 4.98 Å². The lowest BCUT2D eigenvalue weighted by molar-refractivity contribution is -0.122. The van der Waals surface area contributed by atoms with Crippen molar-refractivity contribution in [2.24, 2.45) is 5.92 Å². The van der Waals surface area contributed by atoms with Gasteiger partial charge in [-0.2, -0.15) is 0 Å². The molecule has 1 aliphatic carbocycles. The first-order chi connectivity index (χ1) is 12.3. The van der Waals surface area contributed by atoms with Gasteiger partial charge in [0.25, 0.3) is 0 Å². The first-order valence-electron chi connectivity index (χ1n) is 9.11. The molecule has 1 aromatic carbocycles. The highest BCUT2D eigenvalue weighted by Gasteiger charge is 2.25. The fraction of sp³-hybridized carbons (Fsp3) is 0.400. The molecule has 0 radical (unpaired) electrons. The van der Waals surface area contributed by atoms with Crippen LogP contribution in [0.3, 0.4) is 0 Å². The molecule has 1 aromatic heterocycles. The third kappa shape index (κ3) is 3.60. The van der Waals surface area contributed by atoms with E-state index in [-0.39, 0.29) is 11.8 Å². The van der Waals surface area contributed by atoms with Crippen LogP contribution in [-0.4, -0.2) is 37.1 Å². The Bertz CT molecular complexity index is 704. The van der Waals surface area contributed by atoms with Gasteiger partial charge in [0.2, 0.25) is 5.91 Å². The number of benzene rings is 1. The van der Waals surface area contributed by atoms with Gasteiger partial charge in [0.1, 0.15) is 5.82 Å². The van der Waals surface area contributed by atoms with E-state index in [0.717, 1.165) is 50.5 Å². The standard InChI is InChI=1S/C20H24N4O/c25-20(16-5-4-6-16)22-17-9-10-19(21-15-17)24-13-11-23(12-14-24)18-7-2-1-3-8-18/h1-3,7-10,15-16H,4-6,11-14H2,(H,22,25). The van der Waals surface area contributed by atoms with E-state index >= 15 is 0 Å². The molecule has 0 bridgehead atoms. The highest BCUT2D eigenvalue weighted by molar-refractivity contribution is 5.92. The average Bonchev–Trinajstić information content (AvgIpc) is 2.62. The predicted molar refractivity (Wildman–Crippen MR) is 101 cm³/mol. The predicted octanol–water partition coefficient (Wildman–Crippen LogP) is 3.15. The van der Waals surface area contributed by atoms with Gasteiger partial charge in [-0.3, -0.25) is 4.79 Å². The van der Waals surface area contributed by atoms with Crippen molar-refractivity contribution in [1.82, 2.24) is 4.98 Å². The van der Waals surface area contributed by atoms with Crippen molar-refractivity contribution in [3.63, 3.8) is 0 Å². The normalized spacial score (nSPS) is 17.9. The maximum Gasteiger partial charge on any atom is 0.227 e. The number of anilines is 3.